The average Bonchev–Trinajstić information content (AvgIpc) is 2.58. The van der Waals surface area contributed by atoms with E-state index in [-0.39, 0.29) is 29.4 Å². The van der Waals surface area contributed by atoms with E-state index in [2.05, 4.69) is 0 Å². The predicted molar refractivity (Wildman–Crippen MR) is 93.5 cm³/mol. The van der Waals surface area contributed by atoms with Gasteiger partial charge in [-0.05, 0) is 36.7 Å². The van der Waals surface area contributed by atoms with Crippen LogP contribution in [0.3, 0.4) is 0 Å². The smallest absolute Gasteiger partial charge is 0.232 e. The Bertz CT molecular complexity index is 730. The van der Waals surface area contributed by atoms with Crippen LogP contribution in [0.4, 0.5) is 8.78 Å². The van der Waals surface area contributed by atoms with Crippen molar-refractivity contribution in [2.24, 2.45) is 0 Å². The minimum absolute atomic E-state index is 0. The summed E-state index contributed by atoms with van der Waals surface area (Å²) in [6.07, 6.45) is 0.429. The molecule has 1 aliphatic rings. The van der Waals surface area contributed by atoms with Gasteiger partial charge in [-0.2, -0.15) is 0 Å². The molecule has 1 saturated heterocycles. The molecule has 0 amide bonds. The summed E-state index contributed by atoms with van der Waals surface area (Å²) in [5, 5.41) is 11.5. The zero-order valence-electron chi connectivity index (χ0n) is 13.5. The van der Waals surface area contributed by atoms with E-state index in [1.54, 1.807) is 0 Å². The normalized spacial score (nSPS) is 20.7. The van der Waals surface area contributed by atoms with E-state index in [0.29, 0.717) is 19.5 Å². The van der Waals surface area contributed by atoms with Crippen molar-refractivity contribution in [1.29, 1.82) is 0 Å². The number of hydrogen-bond donors (Lipinski definition) is 0. The van der Waals surface area contributed by atoms with Gasteiger partial charge in [0.2, 0.25) is 6.04 Å². The predicted octanol–water partition coefficient (Wildman–Crippen LogP) is 4.02. The van der Waals surface area contributed by atoms with Crippen LogP contribution in [0.15, 0.2) is 48.5 Å². The number of halogens is 3. The molecule has 134 valence electrons. The van der Waals surface area contributed by atoms with E-state index in [9.17, 15) is 18.9 Å². The maximum absolute atomic E-state index is 14.0. The van der Waals surface area contributed by atoms with Gasteiger partial charge in [0.1, 0.15) is 11.6 Å². The molecular formula is C18H19ClF2N2O2. The topological polar surface area (TPSA) is 46.4 Å². The number of nitro groups is 1. The fraction of sp³-hybridized carbons (Fsp3) is 0.333. The zero-order valence-corrected chi connectivity index (χ0v) is 14.3. The first-order valence-corrected chi connectivity index (χ1v) is 7.89. The molecule has 0 spiro atoms. The third kappa shape index (κ3) is 4.52. The maximum Gasteiger partial charge on any atom is 0.232 e. The number of likely N-dealkylation sites (tertiary alicyclic amines) is 1. The van der Waals surface area contributed by atoms with Gasteiger partial charge in [0, 0.05) is 17.0 Å². The summed E-state index contributed by atoms with van der Waals surface area (Å²) in [7, 11) is 0. The molecule has 2 unspecified atom stereocenters. The lowest BCUT2D eigenvalue weighted by molar-refractivity contribution is -0.530. The van der Waals surface area contributed by atoms with Crippen LogP contribution in [0.1, 0.15) is 23.5 Å². The van der Waals surface area contributed by atoms with Gasteiger partial charge in [-0.15, -0.1) is 12.4 Å². The van der Waals surface area contributed by atoms with Gasteiger partial charge in [-0.25, -0.2) is 8.78 Å². The summed E-state index contributed by atoms with van der Waals surface area (Å²) in [5.41, 5.74) is 1.19. The number of hydrogen-bond acceptors (Lipinski definition) is 3. The molecule has 3 rings (SSSR count). The first-order valence-electron chi connectivity index (χ1n) is 7.89. The van der Waals surface area contributed by atoms with Crippen LogP contribution in [0.25, 0.3) is 0 Å². The van der Waals surface area contributed by atoms with E-state index >= 15 is 0 Å². The van der Waals surface area contributed by atoms with Crippen molar-refractivity contribution in [2.45, 2.75) is 24.9 Å². The SMILES string of the molecule is Cl.O=[N+]([O-])C1CN(Cc2ccccc2)CCC1c1cc(F)ccc1F. The largest absolute Gasteiger partial charge is 0.292 e. The summed E-state index contributed by atoms with van der Waals surface area (Å²) in [5.74, 6) is -1.76. The Morgan fingerprint density at radius 1 is 1.16 bits per heavy atom. The van der Waals surface area contributed by atoms with Crippen LogP contribution in [-0.4, -0.2) is 29.0 Å². The van der Waals surface area contributed by atoms with Crippen LogP contribution in [0, 0.1) is 21.7 Å². The highest BCUT2D eigenvalue weighted by Crippen LogP contribution is 2.32. The second-order valence-electron chi connectivity index (χ2n) is 6.13. The van der Waals surface area contributed by atoms with Crippen LogP contribution < -0.4 is 0 Å². The monoisotopic (exact) mass is 368 g/mol. The molecule has 4 nitrogen and oxygen atoms in total. The first kappa shape index (κ1) is 19.3. The standard InChI is InChI=1S/C18H18F2N2O2.ClH/c19-14-6-7-17(20)16(10-14)15-8-9-21(12-18(15)22(23)24)11-13-4-2-1-3-5-13;/h1-7,10,15,18H,8-9,11-12H2;1H. The van der Waals surface area contributed by atoms with Crippen LogP contribution in [0.2, 0.25) is 0 Å². The maximum atomic E-state index is 14.0. The Morgan fingerprint density at radius 2 is 1.88 bits per heavy atom. The molecule has 0 aliphatic carbocycles. The van der Waals surface area contributed by atoms with Crippen LogP contribution in [-0.2, 0) is 6.54 Å². The highest BCUT2D eigenvalue weighted by atomic mass is 35.5. The fourth-order valence-electron chi connectivity index (χ4n) is 3.36. The van der Waals surface area contributed by atoms with Gasteiger partial charge in [0.05, 0.1) is 12.5 Å². The minimum Gasteiger partial charge on any atom is -0.292 e. The van der Waals surface area contributed by atoms with Crippen LogP contribution >= 0.6 is 12.4 Å². The lowest BCUT2D eigenvalue weighted by atomic mass is 9.85. The first-order chi connectivity index (χ1) is 11.5. The lowest BCUT2D eigenvalue weighted by Crippen LogP contribution is -2.46. The minimum atomic E-state index is -0.946. The molecule has 2 aromatic carbocycles. The molecule has 7 heteroatoms. The van der Waals surface area contributed by atoms with Gasteiger partial charge in [-0.3, -0.25) is 15.0 Å². The van der Waals surface area contributed by atoms with Crippen molar-refractivity contribution in [3.05, 3.63) is 81.4 Å². The van der Waals surface area contributed by atoms with E-state index in [4.69, 9.17) is 0 Å². The summed E-state index contributed by atoms with van der Waals surface area (Å²) < 4.78 is 27.5. The van der Waals surface area contributed by atoms with E-state index < -0.39 is 23.6 Å². The van der Waals surface area contributed by atoms with Gasteiger partial charge in [0.25, 0.3) is 0 Å². The van der Waals surface area contributed by atoms with Crippen LogP contribution in [0.5, 0.6) is 0 Å². The van der Waals surface area contributed by atoms with E-state index in [1.807, 2.05) is 35.2 Å². The third-order valence-corrected chi connectivity index (χ3v) is 4.54. The Kier molecular flexibility index (Phi) is 6.45. The van der Waals surface area contributed by atoms with Crippen molar-refractivity contribution in [1.82, 2.24) is 4.90 Å². The number of benzene rings is 2. The Hall–Kier alpha value is -2.05. The van der Waals surface area contributed by atoms with Crippen molar-refractivity contribution < 1.29 is 13.7 Å². The molecule has 0 aromatic heterocycles. The van der Waals surface area contributed by atoms with Gasteiger partial charge >= 0.3 is 0 Å². The Balaban J connectivity index is 0.00000225. The third-order valence-electron chi connectivity index (χ3n) is 4.54. The molecule has 0 radical (unpaired) electrons. The molecule has 1 heterocycles. The Labute approximate surface area is 151 Å². The molecule has 25 heavy (non-hydrogen) atoms. The highest BCUT2D eigenvalue weighted by Gasteiger charge is 2.39. The summed E-state index contributed by atoms with van der Waals surface area (Å²) in [6.45, 7) is 1.45. The average molecular weight is 369 g/mol. The number of nitrogens with zero attached hydrogens (tertiary/aromatic N) is 2. The quantitative estimate of drug-likeness (QED) is 0.605. The lowest BCUT2D eigenvalue weighted by Gasteiger charge is -2.34. The second-order valence-corrected chi connectivity index (χ2v) is 6.13. The highest BCUT2D eigenvalue weighted by molar-refractivity contribution is 5.85. The fourth-order valence-corrected chi connectivity index (χ4v) is 3.36. The van der Waals surface area contributed by atoms with Gasteiger partial charge < -0.3 is 0 Å². The molecule has 0 bridgehead atoms. The number of rotatable bonds is 4. The van der Waals surface area contributed by atoms with Gasteiger partial charge in [0.15, 0.2) is 0 Å². The molecule has 0 N–H and O–H groups in total. The van der Waals surface area contributed by atoms with Crippen molar-refractivity contribution >= 4 is 12.4 Å². The van der Waals surface area contributed by atoms with Crippen molar-refractivity contribution in [3.63, 3.8) is 0 Å². The molecule has 0 saturated carbocycles. The van der Waals surface area contributed by atoms with E-state index in [1.165, 1.54) is 0 Å². The summed E-state index contributed by atoms with van der Waals surface area (Å²) >= 11 is 0. The molecule has 1 fully saturated rings. The van der Waals surface area contributed by atoms with Gasteiger partial charge in [-0.1, -0.05) is 30.3 Å². The van der Waals surface area contributed by atoms with E-state index in [0.717, 1.165) is 23.8 Å². The molecule has 2 aromatic rings. The molecule has 1 aliphatic heterocycles. The Morgan fingerprint density at radius 3 is 2.56 bits per heavy atom. The van der Waals surface area contributed by atoms with Crippen molar-refractivity contribution in [2.75, 3.05) is 13.1 Å². The molecule has 2 atom stereocenters. The summed E-state index contributed by atoms with van der Waals surface area (Å²) in [4.78, 5) is 13.1. The zero-order chi connectivity index (χ0) is 17.1. The molecular weight excluding hydrogens is 350 g/mol. The number of piperidine rings is 1. The second kappa shape index (κ2) is 8.36. The van der Waals surface area contributed by atoms with Crippen molar-refractivity contribution in [3.8, 4) is 0 Å². The summed E-state index contributed by atoms with van der Waals surface area (Å²) in [6, 6.07) is 11.9.